The van der Waals surface area contributed by atoms with Crippen LogP contribution in [0.2, 0.25) is 0 Å². The van der Waals surface area contributed by atoms with Gasteiger partial charge in [-0.05, 0) is 24.7 Å². The van der Waals surface area contributed by atoms with Gasteiger partial charge in [-0.15, -0.1) is 0 Å². The van der Waals surface area contributed by atoms with Gasteiger partial charge in [0.25, 0.3) is 0 Å². The van der Waals surface area contributed by atoms with Crippen molar-refractivity contribution in [1.29, 1.82) is 0 Å². The van der Waals surface area contributed by atoms with Gasteiger partial charge in [-0.2, -0.15) is 0 Å². The minimum absolute atomic E-state index is 0.00643. The van der Waals surface area contributed by atoms with E-state index in [1.807, 2.05) is 0 Å². The largest absolute Gasteiger partial charge is 0.395 e. The quantitative estimate of drug-likeness (QED) is 0.623. The molecule has 2 amide bonds. The van der Waals surface area contributed by atoms with Gasteiger partial charge in [0.05, 0.1) is 6.61 Å². The molecule has 1 aliphatic carbocycles. The van der Waals surface area contributed by atoms with Crippen molar-refractivity contribution < 1.29 is 9.90 Å². The molecule has 0 unspecified atom stereocenters. The second-order valence-electron chi connectivity index (χ2n) is 4.44. The molecule has 3 N–H and O–H groups in total. The predicted molar refractivity (Wildman–Crippen MR) is 59.7 cm³/mol. The summed E-state index contributed by atoms with van der Waals surface area (Å²) in [6, 6.07) is -0.161. The normalized spacial score (nSPS) is 18.0. The lowest BCUT2D eigenvalue weighted by Gasteiger charge is -2.42. The number of amides is 2. The fourth-order valence-electron chi connectivity index (χ4n) is 2.22. The van der Waals surface area contributed by atoms with E-state index < -0.39 is 0 Å². The maximum atomic E-state index is 11.3. The van der Waals surface area contributed by atoms with Crippen LogP contribution in [0.5, 0.6) is 0 Å². The van der Waals surface area contributed by atoms with E-state index in [-0.39, 0.29) is 12.6 Å². The molecule has 0 aromatic rings. The number of aliphatic hydroxyl groups is 1. The van der Waals surface area contributed by atoms with E-state index in [4.69, 9.17) is 5.11 Å². The van der Waals surface area contributed by atoms with Crippen molar-refractivity contribution >= 4 is 6.03 Å². The SMILES string of the molecule is CCCC1(CNC(=O)NCCO)CCC1. The van der Waals surface area contributed by atoms with E-state index in [9.17, 15) is 4.79 Å². The van der Waals surface area contributed by atoms with Crippen LogP contribution in [0.4, 0.5) is 4.79 Å². The van der Waals surface area contributed by atoms with E-state index in [1.54, 1.807) is 0 Å². The summed E-state index contributed by atoms with van der Waals surface area (Å²) in [4.78, 5) is 11.3. The average Bonchev–Trinajstić information content (AvgIpc) is 2.18. The highest BCUT2D eigenvalue weighted by atomic mass is 16.3. The molecule has 0 heterocycles. The number of aliphatic hydroxyl groups excluding tert-OH is 1. The van der Waals surface area contributed by atoms with Gasteiger partial charge in [0.1, 0.15) is 0 Å². The molecule has 4 nitrogen and oxygen atoms in total. The summed E-state index contributed by atoms with van der Waals surface area (Å²) in [5.41, 5.74) is 0.366. The van der Waals surface area contributed by atoms with E-state index in [1.165, 1.54) is 32.1 Å². The van der Waals surface area contributed by atoms with Crippen molar-refractivity contribution in [2.45, 2.75) is 39.0 Å². The Morgan fingerprint density at radius 2 is 2.13 bits per heavy atom. The van der Waals surface area contributed by atoms with Crippen LogP contribution < -0.4 is 10.6 Å². The van der Waals surface area contributed by atoms with E-state index in [0.717, 1.165) is 6.54 Å². The maximum Gasteiger partial charge on any atom is 0.314 e. The zero-order valence-electron chi connectivity index (χ0n) is 9.51. The molecule has 0 bridgehead atoms. The number of rotatable bonds is 6. The van der Waals surface area contributed by atoms with Crippen molar-refractivity contribution in [3.05, 3.63) is 0 Å². The van der Waals surface area contributed by atoms with Gasteiger partial charge in [0.15, 0.2) is 0 Å². The molecular formula is C11H22N2O2. The summed E-state index contributed by atoms with van der Waals surface area (Å²) in [6.45, 7) is 3.28. The van der Waals surface area contributed by atoms with Crippen LogP contribution in [0, 0.1) is 5.41 Å². The number of carbonyl (C=O) groups is 1. The highest BCUT2D eigenvalue weighted by molar-refractivity contribution is 5.73. The van der Waals surface area contributed by atoms with Crippen molar-refractivity contribution in [3.8, 4) is 0 Å². The van der Waals surface area contributed by atoms with Gasteiger partial charge < -0.3 is 15.7 Å². The van der Waals surface area contributed by atoms with Gasteiger partial charge in [-0.1, -0.05) is 19.8 Å². The molecule has 0 radical (unpaired) electrons. The van der Waals surface area contributed by atoms with Crippen LogP contribution in [0.15, 0.2) is 0 Å². The Bertz CT molecular complexity index is 203. The Kier molecular flexibility index (Phi) is 4.88. The fraction of sp³-hybridized carbons (Fsp3) is 0.909. The number of carbonyl (C=O) groups excluding carboxylic acids is 1. The monoisotopic (exact) mass is 214 g/mol. The molecule has 1 fully saturated rings. The molecule has 0 spiro atoms. The summed E-state index contributed by atoms with van der Waals surface area (Å²) in [7, 11) is 0. The standard InChI is InChI=1S/C11H22N2O2/c1-2-4-11(5-3-6-11)9-13-10(15)12-7-8-14/h14H,2-9H2,1H3,(H2,12,13,15). The third-order valence-corrected chi connectivity index (χ3v) is 3.22. The van der Waals surface area contributed by atoms with Gasteiger partial charge in [-0.3, -0.25) is 0 Å². The lowest BCUT2D eigenvalue weighted by molar-refractivity contribution is 0.117. The molecule has 4 heteroatoms. The lowest BCUT2D eigenvalue weighted by atomic mass is 9.66. The summed E-state index contributed by atoms with van der Waals surface area (Å²) < 4.78 is 0. The molecule has 88 valence electrons. The summed E-state index contributed by atoms with van der Waals surface area (Å²) in [6.07, 6.45) is 6.15. The molecule has 0 aromatic carbocycles. The first-order valence-corrected chi connectivity index (χ1v) is 5.85. The zero-order chi connectivity index (χ0) is 11.1. The highest BCUT2D eigenvalue weighted by Crippen LogP contribution is 2.44. The summed E-state index contributed by atoms with van der Waals surface area (Å²) >= 11 is 0. The first kappa shape index (κ1) is 12.3. The number of nitrogens with one attached hydrogen (secondary N) is 2. The predicted octanol–water partition coefficient (Wildman–Crippen LogP) is 1.25. The minimum atomic E-state index is -0.161. The average molecular weight is 214 g/mol. The highest BCUT2D eigenvalue weighted by Gasteiger charge is 2.35. The first-order chi connectivity index (χ1) is 7.22. The minimum Gasteiger partial charge on any atom is -0.395 e. The second-order valence-corrected chi connectivity index (χ2v) is 4.44. The zero-order valence-corrected chi connectivity index (χ0v) is 9.51. The van der Waals surface area contributed by atoms with Crippen LogP contribution in [-0.4, -0.2) is 30.8 Å². The summed E-state index contributed by atoms with van der Waals surface area (Å²) in [5.74, 6) is 0. The molecule has 0 aromatic heterocycles. The molecule has 1 rings (SSSR count). The molecule has 0 atom stereocenters. The van der Waals surface area contributed by atoms with E-state index >= 15 is 0 Å². The number of hydrogen-bond donors (Lipinski definition) is 3. The second kappa shape index (κ2) is 5.95. The van der Waals surface area contributed by atoms with Crippen LogP contribution in [0.1, 0.15) is 39.0 Å². The van der Waals surface area contributed by atoms with Crippen LogP contribution >= 0.6 is 0 Å². The first-order valence-electron chi connectivity index (χ1n) is 5.85. The van der Waals surface area contributed by atoms with Gasteiger partial charge in [0.2, 0.25) is 0 Å². The molecular weight excluding hydrogens is 192 g/mol. The lowest BCUT2D eigenvalue weighted by Crippen LogP contribution is -2.46. The van der Waals surface area contributed by atoms with Gasteiger partial charge >= 0.3 is 6.03 Å². The molecule has 1 saturated carbocycles. The van der Waals surface area contributed by atoms with E-state index in [0.29, 0.717) is 12.0 Å². The Morgan fingerprint density at radius 3 is 2.60 bits per heavy atom. The van der Waals surface area contributed by atoms with Crippen LogP contribution in [-0.2, 0) is 0 Å². The smallest absolute Gasteiger partial charge is 0.314 e. The summed E-state index contributed by atoms with van der Waals surface area (Å²) in [5, 5.41) is 14.0. The Labute approximate surface area is 91.4 Å². The third kappa shape index (κ3) is 3.70. The Morgan fingerprint density at radius 1 is 1.40 bits per heavy atom. The van der Waals surface area contributed by atoms with Gasteiger partial charge in [-0.25, -0.2) is 4.79 Å². The molecule has 0 saturated heterocycles. The maximum absolute atomic E-state index is 11.3. The van der Waals surface area contributed by atoms with Crippen molar-refractivity contribution in [2.75, 3.05) is 19.7 Å². The van der Waals surface area contributed by atoms with Crippen molar-refractivity contribution in [2.24, 2.45) is 5.41 Å². The Balaban J connectivity index is 2.19. The fourth-order valence-corrected chi connectivity index (χ4v) is 2.22. The molecule has 15 heavy (non-hydrogen) atoms. The molecule has 1 aliphatic rings. The molecule has 0 aliphatic heterocycles. The van der Waals surface area contributed by atoms with E-state index in [2.05, 4.69) is 17.6 Å². The number of hydrogen-bond acceptors (Lipinski definition) is 2. The Hall–Kier alpha value is -0.770. The topological polar surface area (TPSA) is 61.4 Å². The van der Waals surface area contributed by atoms with Crippen LogP contribution in [0.3, 0.4) is 0 Å². The third-order valence-electron chi connectivity index (χ3n) is 3.22. The van der Waals surface area contributed by atoms with Gasteiger partial charge in [0, 0.05) is 13.1 Å². The van der Waals surface area contributed by atoms with Crippen molar-refractivity contribution in [3.63, 3.8) is 0 Å². The van der Waals surface area contributed by atoms with Crippen LogP contribution in [0.25, 0.3) is 0 Å². The number of urea groups is 1. The van der Waals surface area contributed by atoms with Crippen molar-refractivity contribution in [1.82, 2.24) is 10.6 Å².